The van der Waals surface area contributed by atoms with Gasteiger partial charge >= 0.3 is 5.97 Å². The zero-order chi connectivity index (χ0) is 22.7. The number of fused-ring (bicyclic) bond motifs is 1. The van der Waals surface area contributed by atoms with Crippen molar-refractivity contribution in [3.05, 3.63) is 89.8 Å². The van der Waals surface area contributed by atoms with Gasteiger partial charge in [-0.25, -0.2) is 23.5 Å². The van der Waals surface area contributed by atoms with Crippen LogP contribution < -0.4 is 0 Å². The van der Waals surface area contributed by atoms with E-state index >= 15 is 0 Å². The molecule has 2 aromatic heterocycles. The summed E-state index contributed by atoms with van der Waals surface area (Å²) in [6.45, 7) is 1.91. The third-order valence-electron chi connectivity index (χ3n) is 4.77. The van der Waals surface area contributed by atoms with E-state index < -0.39 is 17.6 Å². The van der Waals surface area contributed by atoms with Crippen LogP contribution in [0.15, 0.2) is 72.0 Å². The van der Waals surface area contributed by atoms with Crippen LogP contribution in [0.25, 0.3) is 22.3 Å². The van der Waals surface area contributed by atoms with Crippen molar-refractivity contribution >= 4 is 34.3 Å². The molecule has 0 bridgehead atoms. The standard InChI is InChI=1S/C24H19F2N3O2S/c1-3-31-21(30)13-17(15-8-5-4-6-9-15)20-12-16-14-27-24(32-2)28-23(16)29(20)22-18(25)10-7-11-19(22)26/h4-14H,3H2,1-2H3. The first kappa shape index (κ1) is 21.7. The Balaban J connectivity index is 2.09. The van der Waals surface area contributed by atoms with E-state index in [4.69, 9.17) is 4.74 Å². The lowest BCUT2D eigenvalue weighted by Gasteiger charge is -2.15. The summed E-state index contributed by atoms with van der Waals surface area (Å²) >= 11 is 1.32. The Morgan fingerprint density at radius 3 is 2.50 bits per heavy atom. The van der Waals surface area contributed by atoms with Crippen molar-refractivity contribution in [1.82, 2.24) is 14.5 Å². The van der Waals surface area contributed by atoms with Gasteiger partial charge in [0.05, 0.1) is 12.3 Å². The highest BCUT2D eigenvalue weighted by Gasteiger charge is 2.23. The Morgan fingerprint density at radius 1 is 1.12 bits per heavy atom. The average molecular weight is 451 g/mol. The summed E-state index contributed by atoms with van der Waals surface area (Å²) in [5.41, 5.74) is 1.55. The predicted octanol–water partition coefficient (Wildman–Crippen LogP) is 5.42. The predicted molar refractivity (Wildman–Crippen MR) is 121 cm³/mol. The molecule has 2 aromatic carbocycles. The van der Waals surface area contributed by atoms with E-state index in [1.807, 2.05) is 36.6 Å². The van der Waals surface area contributed by atoms with Crippen molar-refractivity contribution in [2.75, 3.05) is 12.9 Å². The Kier molecular flexibility index (Phi) is 6.32. The Bertz CT molecular complexity index is 1300. The number of aromatic nitrogens is 3. The van der Waals surface area contributed by atoms with Crippen molar-refractivity contribution in [3.8, 4) is 5.69 Å². The minimum Gasteiger partial charge on any atom is -0.463 e. The monoisotopic (exact) mass is 451 g/mol. The molecule has 0 aliphatic heterocycles. The first-order chi connectivity index (χ1) is 15.5. The van der Waals surface area contributed by atoms with E-state index in [1.165, 1.54) is 40.6 Å². The number of benzene rings is 2. The van der Waals surface area contributed by atoms with E-state index in [2.05, 4.69) is 9.97 Å². The first-order valence-corrected chi connectivity index (χ1v) is 11.1. The van der Waals surface area contributed by atoms with Crippen molar-refractivity contribution < 1.29 is 18.3 Å². The molecule has 0 saturated carbocycles. The summed E-state index contributed by atoms with van der Waals surface area (Å²) < 4.78 is 36.4. The lowest BCUT2D eigenvalue weighted by molar-refractivity contribution is -0.137. The summed E-state index contributed by atoms with van der Waals surface area (Å²) in [5.74, 6) is -2.07. The van der Waals surface area contributed by atoms with E-state index in [-0.39, 0.29) is 12.3 Å². The van der Waals surface area contributed by atoms with E-state index in [0.29, 0.717) is 33.0 Å². The molecule has 4 aromatic rings. The van der Waals surface area contributed by atoms with Gasteiger partial charge < -0.3 is 4.74 Å². The van der Waals surface area contributed by atoms with E-state index in [0.717, 1.165) is 0 Å². The largest absolute Gasteiger partial charge is 0.463 e. The third-order valence-corrected chi connectivity index (χ3v) is 5.33. The fraction of sp³-hybridized carbons (Fsp3) is 0.125. The molecule has 0 N–H and O–H groups in total. The number of halogens is 2. The maximum atomic E-state index is 14.9. The first-order valence-electron chi connectivity index (χ1n) is 9.84. The lowest BCUT2D eigenvalue weighted by atomic mass is 10.0. The topological polar surface area (TPSA) is 57.0 Å². The Labute approximate surface area is 187 Å². The number of carbonyl (C=O) groups is 1. The SMILES string of the molecule is CCOC(=O)C=C(c1ccccc1)c1cc2cnc(SC)nc2n1-c1c(F)cccc1F. The minimum atomic E-state index is -0.753. The molecule has 0 aliphatic carbocycles. The molecule has 0 radical (unpaired) electrons. The van der Waals surface area contributed by atoms with Gasteiger partial charge in [-0.2, -0.15) is 0 Å². The number of carbonyl (C=O) groups excluding carboxylic acids is 1. The zero-order valence-electron chi connectivity index (χ0n) is 17.4. The highest BCUT2D eigenvalue weighted by molar-refractivity contribution is 7.98. The molecular formula is C24H19F2N3O2S. The molecule has 0 fully saturated rings. The van der Waals surface area contributed by atoms with Crippen molar-refractivity contribution in [1.29, 1.82) is 0 Å². The van der Waals surface area contributed by atoms with Crippen LogP contribution in [-0.2, 0) is 9.53 Å². The smallest absolute Gasteiger partial charge is 0.331 e. The minimum absolute atomic E-state index is 0.199. The number of hydrogen-bond donors (Lipinski definition) is 0. The molecule has 0 aliphatic rings. The van der Waals surface area contributed by atoms with Crippen LogP contribution in [0, 0.1) is 11.6 Å². The van der Waals surface area contributed by atoms with Crippen LogP contribution in [-0.4, -0.2) is 33.4 Å². The van der Waals surface area contributed by atoms with E-state index in [9.17, 15) is 13.6 Å². The summed E-state index contributed by atoms with van der Waals surface area (Å²) in [6.07, 6.45) is 4.74. The van der Waals surface area contributed by atoms with Crippen LogP contribution in [0.4, 0.5) is 8.78 Å². The maximum absolute atomic E-state index is 14.9. The molecule has 162 valence electrons. The van der Waals surface area contributed by atoms with Crippen LogP contribution in [0.2, 0.25) is 0 Å². The van der Waals surface area contributed by atoms with Crippen molar-refractivity contribution in [2.45, 2.75) is 12.1 Å². The molecular weight excluding hydrogens is 432 g/mol. The van der Waals surface area contributed by atoms with Crippen LogP contribution in [0.5, 0.6) is 0 Å². The number of esters is 1. The number of ether oxygens (including phenoxy) is 1. The van der Waals surface area contributed by atoms with Crippen molar-refractivity contribution in [2.24, 2.45) is 0 Å². The van der Waals surface area contributed by atoms with Gasteiger partial charge in [0.1, 0.15) is 23.0 Å². The molecule has 4 rings (SSSR count). The Morgan fingerprint density at radius 2 is 1.84 bits per heavy atom. The van der Waals surface area contributed by atoms with Gasteiger partial charge in [-0.3, -0.25) is 4.57 Å². The molecule has 0 unspecified atom stereocenters. The second-order valence-electron chi connectivity index (χ2n) is 6.75. The molecule has 0 atom stereocenters. The van der Waals surface area contributed by atoms with E-state index in [1.54, 1.807) is 19.2 Å². The Hall–Kier alpha value is -3.52. The van der Waals surface area contributed by atoms with Crippen molar-refractivity contribution in [3.63, 3.8) is 0 Å². The second kappa shape index (κ2) is 9.32. The highest BCUT2D eigenvalue weighted by Crippen LogP contribution is 2.34. The quantitative estimate of drug-likeness (QED) is 0.170. The number of rotatable bonds is 6. The van der Waals surface area contributed by atoms with Crippen LogP contribution >= 0.6 is 11.8 Å². The molecule has 0 saturated heterocycles. The molecule has 32 heavy (non-hydrogen) atoms. The average Bonchev–Trinajstić information content (AvgIpc) is 3.16. The summed E-state index contributed by atoms with van der Waals surface area (Å²) in [7, 11) is 0. The molecule has 5 nitrogen and oxygen atoms in total. The fourth-order valence-electron chi connectivity index (χ4n) is 3.42. The van der Waals surface area contributed by atoms with Gasteiger partial charge in [0.25, 0.3) is 0 Å². The zero-order valence-corrected chi connectivity index (χ0v) is 18.2. The number of thioether (sulfide) groups is 1. The van der Waals surface area contributed by atoms with Gasteiger partial charge in [-0.05, 0) is 36.9 Å². The van der Waals surface area contributed by atoms with Gasteiger partial charge in [-0.1, -0.05) is 48.2 Å². The van der Waals surface area contributed by atoms with Crippen LogP contribution in [0.1, 0.15) is 18.2 Å². The van der Waals surface area contributed by atoms with Gasteiger partial charge in [0, 0.05) is 23.2 Å². The number of nitrogens with zero attached hydrogens (tertiary/aromatic N) is 3. The molecule has 0 amide bonds. The normalized spacial score (nSPS) is 11.7. The highest BCUT2D eigenvalue weighted by atomic mass is 32.2. The third kappa shape index (κ3) is 4.13. The second-order valence-corrected chi connectivity index (χ2v) is 7.52. The summed E-state index contributed by atoms with van der Waals surface area (Å²) in [4.78, 5) is 21.2. The van der Waals surface area contributed by atoms with Gasteiger partial charge in [0.2, 0.25) is 0 Å². The molecule has 2 heterocycles. The summed E-state index contributed by atoms with van der Waals surface area (Å²) in [6, 6.07) is 14.5. The summed E-state index contributed by atoms with van der Waals surface area (Å²) in [5, 5.41) is 1.03. The van der Waals surface area contributed by atoms with Gasteiger partial charge in [0.15, 0.2) is 5.16 Å². The number of hydrogen-bond acceptors (Lipinski definition) is 5. The van der Waals surface area contributed by atoms with Crippen LogP contribution in [0.3, 0.4) is 0 Å². The number of para-hydroxylation sites is 1. The molecule has 0 spiro atoms. The molecule has 8 heteroatoms. The fourth-order valence-corrected chi connectivity index (χ4v) is 3.76. The van der Waals surface area contributed by atoms with Gasteiger partial charge in [-0.15, -0.1) is 0 Å². The lowest BCUT2D eigenvalue weighted by Crippen LogP contribution is -2.08. The maximum Gasteiger partial charge on any atom is 0.331 e.